The summed E-state index contributed by atoms with van der Waals surface area (Å²) >= 11 is 1.57. The van der Waals surface area contributed by atoms with Gasteiger partial charge >= 0.3 is 0 Å². The number of nitrogens with one attached hydrogen (secondary N) is 2. The number of carbonyl (C=O) groups is 1. The zero-order chi connectivity index (χ0) is 18.2. The van der Waals surface area contributed by atoms with Crippen LogP contribution in [0.25, 0.3) is 0 Å². The Labute approximate surface area is 144 Å². The average molecular weight is 376 g/mol. The monoisotopic (exact) mass is 376 g/mol. The summed E-state index contributed by atoms with van der Waals surface area (Å²) in [5, 5.41) is 13.4. The molecule has 24 heavy (non-hydrogen) atoms. The number of hydrogen-bond acceptors (Lipinski definition) is 7. The van der Waals surface area contributed by atoms with Gasteiger partial charge in [0.1, 0.15) is 0 Å². The van der Waals surface area contributed by atoms with E-state index >= 15 is 0 Å². The van der Waals surface area contributed by atoms with Crippen LogP contribution in [-0.4, -0.2) is 50.4 Å². The van der Waals surface area contributed by atoms with Gasteiger partial charge in [0.15, 0.2) is 4.90 Å². The summed E-state index contributed by atoms with van der Waals surface area (Å²) in [6.45, 7) is -0.0684. The molecule has 0 fully saturated rings. The van der Waals surface area contributed by atoms with Crippen molar-refractivity contribution in [1.82, 2.24) is 10.0 Å². The Kier molecular flexibility index (Phi) is 8.11. The quantitative estimate of drug-likeness (QED) is 0.298. The molecule has 1 aromatic rings. The van der Waals surface area contributed by atoms with Crippen LogP contribution >= 0.6 is 11.8 Å². The van der Waals surface area contributed by atoms with E-state index in [0.717, 1.165) is 17.9 Å². The van der Waals surface area contributed by atoms with Crippen LogP contribution < -0.4 is 15.8 Å². The van der Waals surface area contributed by atoms with E-state index in [9.17, 15) is 23.3 Å². The molecule has 9 nitrogen and oxygen atoms in total. The zero-order valence-corrected chi connectivity index (χ0v) is 14.7. The standard InChI is InChI=1S/C13H20N4O5S2/c1-23-9-6-10(14)13(18)15-7-8-16-24(21,22)12-5-3-2-4-11(12)17(19)20/h2-5,10,16H,6-9,14H2,1H3,(H,15,18)/t10-/m0/s1. The number of rotatable bonds is 10. The van der Waals surface area contributed by atoms with Gasteiger partial charge in [-0.1, -0.05) is 12.1 Å². The summed E-state index contributed by atoms with van der Waals surface area (Å²) in [7, 11) is -4.05. The molecule has 1 amide bonds. The number of nitro benzene ring substituents is 1. The number of carbonyl (C=O) groups excluding carboxylic acids is 1. The van der Waals surface area contributed by atoms with E-state index in [1.54, 1.807) is 11.8 Å². The van der Waals surface area contributed by atoms with Crippen LogP contribution in [0.1, 0.15) is 6.42 Å². The molecule has 0 saturated carbocycles. The average Bonchev–Trinajstić information content (AvgIpc) is 2.56. The van der Waals surface area contributed by atoms with Crippen molar-refractivity contribution in [3.8, 4) is 0 Å². The van der Waals surface area contributed by atoms with Gasteiger partial charge in [-0.3, -0.25) is 14.9 Å². The van der Waals surface area contributed by atoms with Crippen LogP contribution in [-0.2, 0) is 14.8 Å². The molecule has 1 atom stereocenters. The van der Waals surface area contributed by atoms with Crippen molar-refractivity contribution in [3.05, 3.63) is 34.4 Å². The Hall–Kier alpha value is -1.69. The van der Waals surface area contributed by atoms with Gasteiger partial charge in [0.25, 0.3) is 5.69 Å². The molecule has 4 N–H and O–H groups in total. The minimum Gasteiger partial charge on any atom is -0.353 e. The number of nitrogens with two attached hydrogens (primary N) is 1. The SMILES string of the molecule is CSCC[C@H](N)C(=O)NCCNS(=O)(=O)c1ccccc1[N+](=O)[O-]. The smallest absolute Gasteiger partial charge is 0.289 e. The van der Waals surface area contributed by atoms with Gasteiger partial charge in [0.05, 0.1) is 11.0 Å². The number of para-hydroxylation sites is 1. The first-order valence-corrected chi connectivity index (χ1v) is 9.92. The van der Waals surface area contributed by atoms with Crippen LogP contribution in [0.5, 0.6) is 0 Å². The molecular formula is C13H20N4O5S2. The van der Waals surface area contributed by atoms with E-state index in [4.69, 9.17) is 5.73 Å². The van der Waals surface area contributed by atoms with Gasteiger partial charge in [-0.25, -0.2) is 13.1 Å². The van der Waals surface area contributed by atoms with Gasteiger partial charge in [-0.15, -0.1) is 0 Å². The van der Waals surface area contributed by atoms with Crippen molar-refractivity contribution in [1.29, 1.82) is 0 Å². The van der Waals surface area contributed by atoms with E-state index in [0.29, 0.717) is 6.42 Å². The van der Waals surface area contributed by atoms with E-state index < -0.39 is 31.6 Å². The number of nitro groups is 1. The minimum atomic E-state index is -4.05. The van der Waals surface area contributed by atoms with Crippen LogP contribution in [0.2, 0.25) is 0 Å². The number of thioether (sulfide) groups is 1. The molecule has 0 aromatic heterocycles. The molecule has 0 bridgehead atoms. The van der Waals surface area contributed by atoms with Gasteiger partial charge < -0.3 is 11.1 Å². The third-order valence-corrected chi connectivity index (χ3v) is 5.19. The van der Waals surface area contributed by atoms with Gasteiger partial charge in [-0.2, -0.15) is 11.8 Å². The molecule has 0 aliphatic heterocycles. The molecule has 1 aromatic carbocycles. The highest BCUT2D eigenvalue weighted by Crippen LogP contribution is 2.22. The van der Waals surface area contributed by atoms with Crippen molar-refractivity contribution in [3.63, 3.8) is 0 Å². The van der Waals surface area contributed by atoms with Gasteiger partial charge in [0.2, 0.25) is 15.9 Å². The van der Waals surface area contributed by atoms with Crippen molar-refractivity contribution in [2.45, 2.75) is 17.4 Å². The largest absolute Gasteiger partial charge is 0.353 e. The highest BCUT2D eigenvalue weighted by molar-refractivity contribution is 7.98. The number of amides is 1. The molecule has 0 saturated heterocycles. The molecule has 0 spiro atoms. The second-order valence-corrected chi connectivity index (χ2v) is 7.52. The van der Waals surface area contributed by atoms with Crippen LogP contribution in [0.15, 0.2) is 29.2 Å². The van der Waals surface area contributed by atoms with E-state index in [1.807, 2.05) is 6.26 Å². The van der Waals surface area contributed by atoms with E-state index in [2.05, 4.69) is 10.0 Å². The Morgan fingerprint density at radius 3 is 2.67 bits per heavy atom. The molecule has 0 radical (unpaired) electrons. The Bertz CT molecular complexity index is 681. The Morgan fingerprint density at radius 2 is 2.04 bits per heavy atom. The summed E-state index contributed by atoms with van der Waals surface area (Å²) < 4.78 is 26.5. The predicted molar refractivity (Wildman–Crippen MR) is 92.3 cm³/mol. The number of sulfonamides is 1. The molecule has 0 heterocycles. The first kappa shape index (κ1) is 20.4. The second-order valence-electron chi connectivity index (χ2n) is 4.80. The zero-order valence-electron chi connectivity index (χ0n) is 13.1. The summed E-state index contributed by atoms with van der Waals surface area (Å²) in [5.41, 5.74) is 5.17. The summed E-state index contributed by atoms with van der Waals surface area (Å²) in [6.07, 6.45) is 2.43. The summed E-state index contributed by atoms with van der Waals surface area (Å²) in [5.74, 6) is 0.382. The number of nitrogens with zero attached hydrogens (tertiary/aromatic N) is 1. The molecule has 134 valence electrons. The van der Waals surface area contributed by atoms with Gasteiger partial charge in [0, 0.05) is 19.2 Å². The fourth-order valence-corrected chi connectivity index (χ4v) is 3.48. The van der Waals surface area contributed by atoms with Gasteiger partial charge in [-0.05, 0) is 24.5 Å². The maximum absolute atomic E-state index is 12.1. The predicted octanol–water partition coefficient (Wildman–Crippen LogP) is 0.0697. The second kappa shape index (κ2) is 9.57. The highest BCUT2D eigenvalue weighted by atomic mass is 32.2. The van der Waals surface area contributed by atoms with E-state index in [1.165, 1.54) is 12.1 Å². The third-order valence-electron chi connectivity index (χ3n) is 3.04. The normalized spacial score (nSPS) is 12.6. The molecule has 0 aliphatic rings. The van der Waals surface area contributed by atoms with Crippen LogP contribution in [0.4, 0.5) is 5.69 Å². The molecular weight excluding hydrogens is 356 g/mol. The first-order valence-electron chi connectivity index (χ1n) is 7.05. The fourth-order valence-electron chi connectivity index (χ4n) is 1.79. The Balaban J connectivity index is 2.56. The fraction of sp³-hybridized carbons (Fsp3) is 0.462. The van der Waals surface area contributed by atoms with Crippen LogP contribution in [0.3, 0.4) is 0 Å². The highest BCUT2D eigenvalue weighted by Gasteiger charge is 2.24. The third kappa shape index (κ3) is 6.07. The van der Waals surface area contributed by atoms with Crippen molar-refractivity contribution in [2.75, 3.05) is 25.1 Å². The maximum atomic E-state index is 12.1. The number of benzene rings is 1. The molecule has 0 aliphatic carbocycles. The molecule has 0 unspecified atom stereocenters. The maximum Gasteiger partial charge on any atom is 0.289 e. The summed E-state index contributed by atoms with van der Waals surface area (Å²) in [4.78, 5) is 21.4. The van der Waals surface area contributed by atoms with Crippen molar-refractivity contribution in [2.24, 2.45) is 5.73 Å². The lowest BCUT2D eigenvalue weighted by atomic mass is 10.2. The summed E-state index contributed by atoms with van der Waals surface area (Å²) in [6, 6.07) is 4.39. The van der Waals surface area contributed by atoms with Crippen molar-refractivity contribution >= 4 is 33.4 Å². The lowest BCUT2D eigenvalue weighted by Gasteiger charge is -2.12. The lowest BCUT2D eigenvalue weighted by molar-refractivity contribution is -0.387. The first-order chi connectivity index (χ1) is 11.3. The molecule has 11 heteroatoms. The topological polar surface area (TPSA) is 144 Å². The molecule has 1 rings (SSSR count). The Morgan fingerprint density at radius 1 is 1.38 bits per heavy atom. The minimum absolute atomic E-state index is 0.0334. The van der Waals surface area contributed by atoms with Crippen molar-refractivity contribution < 1.29 is 18.1 Å². The number of hydrogen-bond donors (Lipinski definition) is 3. The lowest BCUT2D eigenvalue weighted by Crippen LogP contribution is -2.43. The van der Waals surface area contributed by atoms with E-state index in [-0.39, 0.29) is 19.0 Å². The van der Waals surface area contributed by atoms with Crippen LogP contribution in [0, 0.1) is 10.1 Å².